The van der Waals surface area contributed by atoms with Crippen LogP contribution in [0.3, 0.4) is 0 Å². The monoisotopic (exact) mass is 339 g/mol. The molecule has 1 aromatic carbocycles. The van der Waals surface area contributed by atoms with Gasteiger partial charge in [0.25, 0.3) is 5.91 Å². The van der Waals surface area contributed by atoms with Crippen molar-refractivity contribution in [1.82, 2.24) is 9.55 Å². The molecule has 0 unspecified atom stereocenters. The number of rotatable bonds is 5. The van der Waals surface area contributed by atoms with Crippen molar-refractivity contribution in [3.05, 3.63) is 71.7 Å². The lowest BCUT2D eigenvalue weighted by molar-refractivity contribution is 0.0600. The first-order valence-corrected chi connectivity index (χ1v) is 7.61. The molecule has 0 saturated heterocycles. The van der Waals surface area contributed by atoms with Gasteiger partial charge in [-0.25, -0.2) is 9.78 Å². The van der Waals surface area contributed by atoms with Crippen LogP contribution in [0.15, 0.2) is 53.5 Å². The van der Waals surface area contributed by atoms with Gasteiger partial charge in [0.2, 0.25) is 0 Å². The molecule has 0 aliphatic carbocycles. The summed E-state index contributed by atoms with van der Waals surface area (Å²) in [7, 11) is 1.33. The highest BCUT2D eigenvalue weighted by Crippen LogP contribution is 2.19. The summed E-state index contributed by atoms with van der Waals surface area (Å²) in [5.41, 5.74) is 1.78. The van der Waals surface area contributed by atoms with E-state index in [1.165, 1.54) is 7.11 Å². The standard InChI is InChI=1S/C18H17N3O4/c1-12-9-13(18(23)24-2)3-5-15(12)20-17(22)16-6-4-14(25-16)10-21-8-7-19-11-21/h3-9,11H,10H2,1-2H3,(H,20,22). The van der Waals surface area contributed by atoms with Gasteiger partial charge in [-0.1, -0.05) is 0 Å². The number of hydrogen-bond donors (Lipinski definition) is 1. The van der Waals surface area contributed by atoms with Crippen molar-refractivity contribution in [1.29, 1.82) is 0 Å². The van der Waals surface area contributed by atoms with E-state index in [1.54, 1.807) is 49.8 Å². The highest BCUT2D eigenvalue weighted by Gasteiger charge is 2.14. The Labute approximate surface area is 144 Å². The molecule has 0 saturated carbocycles. The number of anilines is 1. The minimum absolute atomic E-state index is 0.214. The number of imidazole rings is 1. The Bertz CT molecular complexity index is 897. The van der Waals surface area contributed by atoms with Crippen LogP contribution < -0.4 is 5.32 Å². The smallest absolute Gasteiger partial charge is 0.337 e. The molecule has 0 radical (unpaired) electrons. The van der Waals surface area contributed by atoms with Crippen LogP contribution in [0.25, 0.3) is 0 Å². The third-order valence-electron chi connectivity index (χ3n) is 3.68. The zero-order valence-corrected chi connectivity index (χ0v) is 13.9. The zero-order chi connectivity index (χ0) is 17.8. The molecule has 0 aliphatic heterocycles. The van der Waals surface area contributed by atoms with Gasteiger partial charge in [0, 0.05) is 18.1 Å². The molecule has 2 heterocycles. The van der Waals surface area contributed by atoms with E-state index >= 15 is 0 Å². The molecule has 128 valence electrons. The van der Waals surface area contributed by atoms with Crippen LogP contribution in [0.1, 0.15) is 32.2 Å². The maximum absolute atomic E-state index is 12.3. The number of hydrogen-bond acceptors (Lipinski definition) is 5. The number of amides is 1. The highest BCUT2D eigenvalue weighted by atomic mass is 16.5. The number of ether oxygens (including phenoxy) is 1. The summed E-state index contributed by atoms with van der Waals surface area (Å²) in [5.74, 6) is 0.0921. The van der Waals surface area contributed by atoms with Crippen LogP contribution in [0.4, 0.5) is 5.69 Å². The second-order valence-electron chi connectivity index (χ2n) is 5.48. The Morgan fingerprint density at radius 2 is 2.12 bits per heavy atom. The van der Waals surface area contributed by atoms with E-state index in [1.807, 2.05) is 10.8 Å². The van der Waals surface area contributed by atoms with Crippen LogP contribution >= 0.6 is 0 Å². The summed E-state index contributed by atoms with van der Waals surface area (Å²) < 4.78 is 12.1. The predicted octanol–water partition coefficient (Wildman–Crippen LogP) is 2.87. The van der Waals surface area contributed by atoms with Crippen LogP contribution in [0.2, 0.25) is 0 Å². The molecule has 0 aliphatic rings. The van der Waals surface area contributed by atoms with Gasteiger partial charge in [-0.2, -0.15) is 0 Å². The molecule has 0 bridgehead atoms. The summed E-state index contributed by atoms with van der Waals surface area (Å²) in [6, 6.07) is 8.30. The summed E-state index contributed by atoms with van der Waals surface area (Å²) in [6.07, 6.45) is 5.17. The average Bonchev–Trinajstić information content (AvgIpc) is 3.28. The number of benzene rings is 1. The third kappa shape index (κ3) is 3.77. The fourth-order valence-corrected chi connectivity index (χ4v) is 2.38. The molecule has 1 amide bonds. The molecule has 2 aromatic heterocycles. The number of esters is 1. The lowest BCUT2D eigenvalue weighted by Gasteiger charge is -2.08. The van der Waals surface area contributed by atoms with Gasteiger partial charge < -0.3 is 19.0 Å². The summed E-state index contributed by atoms with van der Waals surface area (Å²) in [4.78, 5) is 27.8. The molecular formula is C18H17N3O4. The van der Waals surface area contributed by atoms with Gasteiger partial charge in [0.1, 0.15) is 5.76 Å². The Balaban J connectivity index is 1.70. The van der Waals surface area contributed by atoms with Crippen molar-refractivity contribution >= 4 is 17.6 Å². The Morgan fingerprint density at radius 1 is 1.28 bits per heavy atom. The van der Waals surface area contributed by atoms with Crippen molar-refractivity contribution in [3.63, 3.8) is 0 Å². The molecule has 1 N–H and O–H groups in total. The van der Waals surface area contributed by atoms with Gasteiger partial charge in [0.05, 0.1) is 25.5 Å². The highest BCUT2D eigenvalue weighted by molar-refractivity contribution is 6.03. The SMILES string of the molecule is COC(=O)c1ccc(NC(=O)c2ccc(Cn3ccnc3)o2)c(C)c1. The summed E-state index contributed by atoms with van der Waals surface area (Å²) in [6.45, 7) is 2.30. The van der Waals surface area contributed by atoms with Gasteiger partial charge in [-0.3, -0.25) is 4.79 Å². The Kier molecular flexibility index (Phi) is 4.65. The summed E-state index contributed by atoms with van der Waals surface area (Å²) in [5, 5.41) is 2.78. The molecule has 3 rings (SSSR count). The van der Waals surface area contributed by atoms with E-state index in [0.29, 0.717) is 23.6 Å². The van der Waals surface area contributed by atoms with Crippen LogP contribution in [-0.4, -0.2) is 28.5 Å². The number of nitrogens with one attached hydrogen (secondary N) is 1. The quantitative estimate of drug-likeness (QED) is 0.722. The van der Waals surface area contributed by atoms with Gasteiger partial charge in [-0.15, -0.1) is 0 Å². The number of nitrogens with zero attached hydrogens (tertiary/aromatic N) is 2. The first-order chi connectivity index (χ1) is 12.1. The Morgan fingerprint density at radius 3 is 2.80 bits per heavy atom. The largest absolute Gasteiger partial charge is 0.465 e. The van der Waals surface area contributed by atoms with Crippen molar-refractivity contribution < 1.29 is 18.7 Å². The van der Waals surface area contributed by atoms with E-state index in [2.05, 4.69) is 15.0 Å². The molecule has 25 heavy (non-hydrogen) atoms. The van der Waals surface area contributed by atoms with Crippen molar-refractivity contribution in [3.8, 4) is 0 Å². The second-order valence-corrected chi connectivity index (χ2v) is 5.48. The van der Waals surface area contributed by atoms with Gasteiger partial charge >= 0.3 is 5.97 Å². The number of methoxy groups -OCH3 is 1. The molecule has 7 nitrogen and oxygen atoms in total. The van der Waals surface area contributed by atoms with Crippen molar-refractivity contribution in [2.45, 2.75) is 13.5 Å². The number of carbonyl (C=O) groups is 2. The molecule has 0 spiro atoms. The van der Waals surface area contributed by atoms with Crippen LogP contribution in [0, 0.1) is 6.92 Å². The first-order valence-electron chi connectivity index (χ1n) is 7.61. The summed E-state index contributed by atoms with van der Waals surface area (Å²) >= 11 is 0. The molecule has 0 atom stereocenters. The lowest BCUT2D eigenvalue weighted by atomic mass is 10.1. The zero-order valence-electron chi connectivity index (χ0n) is 13.9. The average molecular weight is 339 g/mol. The lowest BCUT2D eigenvalue weighted by Crippen LogP contribution is -2.12. The van der Waals surface area contributed by atoms with Crippen LogP contribution in [-0.2, 0) is 11.3 Å². The maximum atomic E-state index is 12.3. The fraction of sp³-hybridized carbons (Fsp3) is 0.167. The van der Waals surface area contributed by atoms with Gasteiger partial charge in [0.15, 0.2) is 5.76 Å². The second kappa shape index (κ2) is 7.04. The number of furan rings is 1. The molecular weight excluding hydrogens is 322 g/mol. The minimum atomic E-state index is -0.420. The molecule has 0 fully saturated rings. The van der Waals surface area contributed by atoms with Gasteiger partial charge in [-0.05, 0) is 42.8 Å². The maximum Gasteiger partial charge on any atom is 0.337 e. The number of carbonyl (C=O) groups excluding carboxylic acids is 2. The number of aryl methyl sites for hydroxylation is 1. The Hall–Kier alpha value is -3.35. The van der Waals surface area contributed by atoms with Crippen LogP contribution in [0.5, 0.6) is 0 Å². The topological polar surface area (TPSA) is 86.4 Å². The fourth-order valence-electron chi connectivity index (χ4n) is 2.38. The van der Waals surface area contributed by atoms with E-state index < -0.39 is 5.97 Å². The molecule has 7 heteroatoms. The third-order valence-corrected chi connectivity index (χ3v) is 3.68. The normalized spacial score (nSPS) is 10.5. The molecule has 3 aromatic rings. The predicted molar refractivity (Wildman–Crippen MR) is 90.5 cm³/mol. The van der Waals surface area contributed by atoms with E-state index in [9.17, 15) is 9.59 Å². The number of aromatic nitrogens is 2. The van der Waals surface area contributed by atoms with E-state index in [4.69, 9.17) is 4.42 Å². The first kappa shape index (κ1) is 16.5. The minimum Gasteiger partial charge on any atom is -0.465 e. The van der Waals surface area contributed by atoms with Crippen molar-refractivity contribution in [2.75, 3.05) is 12.4 Å². The van der Waals surface area contributed by atoms with E-state index in [-0.39, 0.29) is 11.7 Å². The van der Waals surface area contributed by atoms with Crippen molar-refractivity contribution in [2.24, 2.45) is 0 Å². The van der Waals surface area contributed by atoms with E-state index in [0.717, 1.165) is 5.56 Å².